The van der Waals surface area contributed by atoms with E-state index in [1.807, 2.05) is 17.0 Å². The summed E-state index contributed by atoms with van der Waals surface area (Å²) in [5.41, 5.74) is 4.62. The summed E-state index contributed by atoms with van der Waals surface area (Å²) < 4.78 is 1.23. The Kier molecular flexibility index (Phi) is 4.64. The first-order valence-electron chi connectivity index (χ1n) is 9.04. The Morgan fingerprint density at radius 3 is 2.58 bits per heavy atom. The number of aromatic nitrogens is 1. The molecule has 3 aromatic rings. The second kappa shape index (κ2) is 7.08. The predicted molar refractivity (Wildman–Crippen MR) is 108 cm³/mol. The zero-order chi connectivity index (χ0) is 18.1. The van der Waals surface area contributed by atoms with E-state index in [2.05, 4.69) is 49.1 Å². The fraction of sp³-hybridized carbons (Fsp3) is 0.333. The van der Waals surface area contributed by atoms with Crippen LogP contribution in [0.5, 0.6) is 0 Å². The van der Waals surface area contributed by atoms with Crippen molar-refractivity contribution in [1.29, 1.82) is 0 Å². The summed E-state index contributed by atoms with van der Waals surface area (Å²) in [4.78, 5) is 21.6. The van der Waals surface area contributed by atoms with Crippen molar-refractivity contribution in [3.05, 3.63) is 59.2 Å². The highest BCUT2D eigenvalue weighted by Crippen LogP contribution is 2.30. The quantitative estimate of drug-likeness (QED) is 0.708. The number of anilines is 1. The number of hydrogen-bond acceptors (Lipinski definition) is 4. The van der Waals surface area contributed by atoms with E-state index in [0.29, 0.717) is 6.42 Å². The van der Waals surface area contributed by atoms with Crippen LogP contribution in [0, 0.1) is 13.8 Å². The fourth-order valence-electron chi connectivity index (χ4n) is 3.41. The summed E-state index contributed by atoms with van der Waals surface area (Å²) >= 11 is 1.74. The maximum atomic E-state index is 12.6. The molecule has 0 atom stereocenters. The van der Waals surface area contributed by atoms with Gasteiger partial charge in [-0.05, 0) is 37.1 Å². The van der Waals surface area contributed by atoms with Crippen LogP contribution in [0.15, 0.2) is 42.5 Å². The van der Waals surface area contributed by atoms with Gasteiger partial charge < -0.3 is 9.80 Å². The maximum absolute atomic E-state index is 12.6. The molecule has 1 amide bonds. The number of amides is 1. The molecular weight excluding hydrogens is 342 g/mol. The molecule has 0 radical (unpaired) electrons. The third kappa shape index (κ3) is 3.58. The van der Waals surface area contributed by atoms with Gasteiger partial charge in [0.1, 0.15) is 0 Å². The zero-order valence-corrected chi connectivity index (χ0v) is 16.1. The van der Waals surface area contributed by atoms with Gasteiger partial charge in [-0.15, -0.1) is 0 Å². The zero-order valence-electron chi connectivity index (χ0n) is 15.2. The summed E-state index contributed by atoms with van der Waals surface area (Å²) in [5.74, 6) is 0.218. The average molecular weight is 366 g/mol. The Morgan fingerprint density at radius 2 is 1.81 bits per heavy atom. The van der Waals surface area contributed by atoms with Crippen LogP contribution in [0.25, 0.3) is 10.2 Å². The predicted octanol–water partition coefficient (Wildman–Crippen LogP) is 3.80. The van der Waals surface area contributed by atoms with Crippen molar-refractivity contribution in [3.63, 3.8) is 0 Å². The van der Waals surface area contributed by atoms with E-state index in [1.54, 1.807) is 11.3 Å². The third-order valence-electron chi connectivity index (χ3n) is 4.87. The average Bonchev–Trinajstić information content (AvgIpc) is 3.05. The number of hydrogen-bond donors (Lipinski definition) is 0. The molecule has 1 saturated heterocycles. The van der Waals surface area contributed by atoms with Gasteiger partial charge in [0.05, 0.1) is 16.6 Å². The monoisotopic (exact) mass is 365 g/mol. The molecule has 1 aliphatic rings. The first-order valence-corrected chi connectivity index (χ1v) is 9.85. The van der Waals surface area contributed by atoms with Gasteiger partial charge >= 0.3 is 0 Å². The molecule has 5 heteroatoms. The molecule has 0 aliphatic carbocycles. The summed E-state index contributed by atoms with van der Waals surface area (Å²) in [6, 6.07) is 14.6. The Labute approximate surface area is 158 Å². The molecule has 1 fully saturated rings. The second-order valence-electron chi connectivity index (χ2n) is 7.00. The van der Waals surface area contributed by atoms with Gasteiger partial charge in [0.2, 0.25) is 5.91 Å². The van der Waals surface area contributed by atoms with Crippen LogP contribution in [-0.2, 0) is 11.2 Å². The van der Waals surface area contributed by atoms with Crippen molar-refractivity contribution in [2.24, 2.45) is 0 Å². The van der Waals surface area contributed by atoms with E-state index in [-0.39, 0.29) is 5.91 Å². The van der Waals surface area contributed by atoms with Gasteiger partial charge in [-0.2, -0.15) is 0 Å². The van der Waals surface area contributed by atoms with Crippen molar-refractivity contribution < 1.29 is 4.79 Å². The van der Waals surface area contributed by atoms with E-state index in [4.69, 9.17) is 4.98 Å². The van der Waals surface area contributed by atoms with Crippen molar-refractivity contribution in [2.75, 3.05) is 31.1 Å². The highest BCUT2D eigenvalue weighted by molar-refractivity contribution is 7.22. The largest absolute Gasteiger partial charge is 0.345 e. The topological polar surface area (TPSA) is 36.4 Å². The van der Waals surface area contributed by atoms with Gasteiger partial charge in [-0.25, -0.2) is 4.98 Å². The highest BCUT2D eigenvalue weighted by atomic mass is 32.1. The van der Waals surface area contributed by atoms with Crippen LogP contribution in [0.3, 0.4) is 0 Å². The Hall–Kier alpha value is -2.40. The van der Waals surface area contributed by atoms with E-state index in [0.717, 1.165) is 42.4 Å². The molecule has 2 heterocycles. The fourth-order valence-corrected chi connectivity index (χ4v) is 4.53. The third-order valence-corrected chi connectivity index (χ3v) is 5.95. The molecule has 0 saturated carbocycles. The molecular formula is C21H23N3OS. The smallest absolute Gasteiger partial charge is 0.227 e. The van der Waals surface area contributed by atoms with Crippen molar-refractivity contribution >= 4 is 32.6 Å². The van der Waals surface area contributed by atoms with Gasteiger partial charge in [0, 0.05) is 26.2 Å². The maximum Gasteiger partial charge on any atom is 0.227 e. The van der Waals surface area contributed by atoms with Crippen molar-refractivity contribution in [2.45, 2.75) is 20.3 Å². The lowest BCUT2D eigenvalue weighted by molar-refractivity contribution is -0.130. The minimum atomic E-state index is 0.218. The second-order valence-corrected chi connectivity index (χ2v) is 8.01. The van der Waals surface area contributed by atoms with E-state index >= 15 is 0 Å². The summed E-state index contributed by atoms with van der Waals surface area (Å²) in [5, 5.41) is 1.07. The molecule has 2 aromatic carbocycles. The lowest BCUT2D eigenvalue weighted by Gasteiger charge is -2.34. The Bertz CT molecular complexity index is 941. The van der Waals surface area contributed by atoms with Crippen molar-refractivity contribution in [3.8, 4) is 0 Å². The summed E-state index contributed by atoms with van der Waals surface area (Å²) in [6.07, 6.45) is 0.488. The minimum absolute atomic E-state index is 0.218. The molecule has 1 aliphatic heterocycles. The number of fused-ring (bicyclic) bond motifs is 1. The van der Waals surface area contributed by atoms with E-state index in [9.17, 15) is 4.79 Å². The first kappa shape index (κ1) is 17.0. The first-order chi connectivity index (χ1) is 12.6. The van der Waals surface area contributed by atoms with Crippen LogP contribution >= 0.6 is 11.3 Å². The molecule has 0 spiro atoms. The summed E-state index contributed by atoms with van der Waals surface area (Å²) in [6.45, 7) is 7.39. The van der Waals surface area contributed by atoms with Crippen molar-refractivity contribution in [1.82, 2.24) is 9.88 Å². The number of aryl methyl sites for hydroxylation is 2. The van der Waals surface area contributed by atoms with Crippen LogP contribution in [0.4, 0.5) is 5.13 Å². The highest BCUT2D eigenvalue weighted by Gasteiger charge is 2.23. The summed E-state index contributed by atoms with van der Waals surface area (Å²) in [7, 11) is 0. The molecule has 4 rings (SSSR count). The van der Waals surface area contributed by atoms with E-state index < -0.39 is 0 Å². The molecule has 4 nitrogen and oxygen atoms in total. The number of thiazole rings is 1. The van der Waals surface area contributed by atoms with Crippen LogP contribution < -0.4 is 4.90 Å². The number of rotatable bonds is 3. The number of carbonyl (C=O) groups is 1. The van der Waals surface area contributed by atoms with Crippen LogP contribution in [0.2, 0.25) is 0 Å². The Balaban J connectivity index is 1.39. The van der Waals surface area contributed by atoms with Crippen LogP contribution in [-0.4, -0.2) is 42.0 Å². The lowest BCUT2D eigenvalue weighted by atomic mass is 10.1. The molecule has 0 bridgehead atoms. The molecule has 1 aromatic heterocycles. The Morgan fingerprint density at radius 1 is 1.04 bits per heavy atom. The minimum Gasteiger partial charge on any atom is -0.345 e. The van der Waals surface area contributed by atoms with Gasteiger partial charge in [-0.1, -0.05) is 47.2 Å². The number of nitrogens with zero attached hydrogens (tertiary/aromatic N) is 3. The van der Waals surface area contributed by atoms with Crippen LogP contribution in [0.1, 0.15) is 16.7 Å². The molecule has 134 valence electrons. The molecule has 26 heavy (non-hydrogen) atoms. The standard InChI is InChI=1S/C21H23N3OS/c1-15-4-3-5-17(12-15)14-20(25)23-8-10-24(11-9-23)21-22-18-7-6-16(2)13-19(18)26-21/h3-7,12-13H,8-11,14H2,1-2H3. The van der Waals surface area contributed by atoms with Gasteiger partial charge in [0.15, 0.2) is 5.13 Å². The van der Waals surface area contributed by atoms with E-state index in [1.165, 1.54) is 15.8 Å². The molecule has 0 unspecified atom stereocenters. The normalized spacial score (nSPS) is 14.8. The number of benzene rings is 2. The van der Waals surface area contributed by atoms with Gasteiger partial charge in [-0.3, -0.25) is 4.79 Å². The number of carbonyl (C=O) groups excluding carboxylic acids is 1. The number of piperazine rings is 1. The lowest BCUT2D eigenvalue weighted by Crippen LogP contribution is -2.49. The SMILES string of the molecule is Cc1cccc(CC(=O)N2CCN(c3nc4ccc(C)cc4s3)CC2)c1. The van der Waals surface area contributed by atoms with Gasteiger partial charge in [0.25, 0.3) is 0 Å². The molecule has 0 N–H and O–H groups in total.